The highest BCUT2D eigenvalue weighted by molar-refractivity contribution is 5.81. The summed E-state index contributed by atoms with van der Waals surface area (Å²) in [5.74, 6) is 0.777. The minimum Gasteiger partial charge on any atom is -0.365 e. The van der Waals surface area contributed by atoms with Crippen LogP contribution in [0, 0.1) is 5.92 Å². The minimum absolute atomic E-state index is 0.135. The monoisotopic (exact) mass is 214 g/mol. The van der Waals surface area contributed by atoms with Gasteiger partial charge in [-0.05, 0) is 19.4 Å². The van der Waals surface area contributed by atoms with Crippen molar-refractivity contribution in [3.8, 4) is 0 Å². The molecule has 0 aliphatic carbocycles. The molecule has 1 aliphatic heterocycles. The molecule has 4 heteroatoms. The van der Waals surface area contributed by atoms with E-state index in [0.717, 1.165) is 19.5 Å². The second kappa shape index (κ2) is 6.08. The summed E-state index contributed by atoms with van der Waals surface area (Å²) in [6, 6.07) is 0. The average molecular weight is 214 g/mol. The summed E-state index contributed by atoms with van der Waals surface area (Å²) < 4.78 is 5.41. The molecule has 1 aliphatic rings. The summed E-state index contributed by atoms with van der Waals surface area (Å²) in [6.07, 6.45) is 0.786. The van der Waals surface area contributed by atoms with Crippen LogP contribution in [0.25, 0.3) is 0 Å². The first-order chi connectivity index (χ1) is 7.15. The van der Waals surface area contributed by atoms with Gasteiger partial charge in [0.15, 0.2) is 0 Å². The van der Waals surface area contributed by atoms with Crippen LogP contribution in [-0.2, 0) is 9.53 Å². The highest BCUT2D eigenvalue weighted by Crippen LogP contribution is 2.09. The predicted octanol–water partition coefficient (Wildman–Crippen LogP) is 0.479. The lowest BCUT2D eigenvalue weighted by molar-refractivity contribution is -0.152. The highest BCUT2D eigenvalue weighted by Gasteiger charge is 2.28. The molecule has 0 radical (unpaired) electrons. The van der Waals surface area contributed by atoms with Gasteiger partial charge in [-0.1, -0.05) is 13.8 Å². The maximum absolute atomic E-state index is 11.9. The van der Waals surface area contributed by atoms with Gasteiger partial charge in [-0.15, -0.1) is 0 Å². The highest BCUT2D eigenvalue weighted by atomic mass is 16.5. The summed E-state index contributed by atoms with van der Waals surface area (Å²) >= 11 is 0. The Morgan fingerprint density at radius 1 is 1.60 bits per heavy atom. The van der Waals surface area contributed by atoms with Gasteiger partial charge in [0, 0.05) is 19.6 Å². The number of amides is 1. The van der Waals surface area contributed by atoms with Crippen molar-refractivity contribution in [1.29, 1.82) is 0 Å². The molecule has 15 heavy (non-hydrogen) atoms. The summed E-state index contributed by atoms with van der Waals surface area (Å²) in [5, 5.41) is 2.98. The van der Waals surface area contributed by atoms with Crippen LogP contribution in [-0.4, -0.2) is 50.2 Å². The Bertz CT molecular complexity index is 205. The van der Waals surface area contributed by atoms with E-state index in [9.17, 15) is 4.79 Å². The van der Waals surface area contributed by atoms with E-state index in [1.165, 1.54) is 0 Å². The Labute approximate surface area is 92.0 Å². The molecule has 1 atom stereocenters. The third kappa shape index (κ3) is 3.80. The first-order valence-electron chi connectivity index (χ1n) is 5.70. The number of hydrogen-bond donors (Lipinski definition) is 1. The Kier molecular flexibility index (Phi) is 5.05. The Morgan fingerprint density at radius 3 is 2.93 bits per heavy atom. The van der Waals surface area contributed by atoms with E-state index in [0.29, 0.717) is 19.1 Å². The molecule has 0 aromatic heterocycles. The third-order valence-corrected chi connectivity index (χ3v) is 2.63. The van der Waals surface area contributed by atoms with Gasteiger partial charge < -0.3 is 15.0 Å². The normalized spacial score (nSPS) is 22.5. The second-order valence-corrected chi connectivity index (χ2v) is 4.42. The Hall–Kier alpha value is -0.610. The minimum atomic E-state index is -0.282. The number of carbonyl (C=O) groups excluding carboxylic acids is 1. The topological polar surface area (TPSA) is 41.6 Å². The van der Waals surface area contributed by atoms with Crippen LogP contribution in [0.15, 0.2) is 0 Å². The molecular formula is C11H22N2O2. The van der Waals surface area contributed by atoms with Gasteiger partial charge in [0.2, 0.25) is 0 Å². The van der Waals surface area contributed by atoms with Crippen molar-refractivity contribution in [3.05, 3.63) is 0 Å². The van der Waals surface area contributed by atoms with Crippen molar-refractivity contribution < 1.29 is 9.53 Å². The van der Waals surface area contributed by atoms with Crippen molar-refractivity contribution in [2.45, 2.75) is 26.4 Å². The van der Waals surface area contributed by atoms with Gasteiger partial charge in [-0.25, -0.2) is 0 Å². The van der Waals surface area contributed by atoms with E-state index < -0.39 is 0 Å². The van der Waals surface area contributed by atoms with Gasteiger partial charge in [0.05, 0.1) is 6.61 Å². The van der Waals surface area contributed by atoms with Gasteiger partial charge in [-0.3, -0.25) is 4.79 Å². The number of rotatable bonds is 5. The maximum atomic E-state index is 11.9. The van der Waals surface area contributed by atoms with Crippen molar-refractivity contribution >= 4 is 5.91 Å². The van der Waals surface area contributed by atoms with Crippen LogP contribution in [0.1, 0.15) is 20.3 Å². The standard InChI is InChI=1S/C11H22N2O2/c1-9(2)4-5-13-6-7-15-10(8-12-3)11(13)14/h9-10,12H,4-8H2,1-3H3. The van der Waals surface area contributed by atoms with Crippen LogP contribution in [0.2, 0.25) is 0 Å². The van der Waals surface area contributed by atoms with Gasteiger partial charge in [0.25, 0.3) is 5.91 Å². The maximum Gasteiger partial charge on any atom is 0.253 e. The third-order valence-electron chi connectivity index (χ3n) is 2.63. The molecule has 1 heterocycles. The fourth-order valence-electron chi connectivity index (χ4n) is 1.66. The summed E-state index contributed by atoms with van der Waals surface area (Å²) in [7, 11) is 1.84. The van der Waals surface area contributed by atoms with Crippen LogP contribution < -0.4 is 5.32 Å². The van der Waals surface area contributed by atoms with Crippen LogP contribution in [0.5, 0.6) is 0 Å². The second-order valence-electron chi connectivity index (χ2n) is 4.42. The van der Waals surface area contributed by atoms with Gasteiger partial charge in [0.1, 0.15) is 6.10 Å². The number of ether oxygens (including phenoxy) is 1. The van der Waals surface area contributed by atoms with Crippen LogP contribution >= 0.6 is 0 Å². The fourth-order valence-corrected chi connectivity index (χ4v) is 1.66. The molecule has 0 bridgehead atoms. The van der Waals surface area contributed by atoms with Crippen molar-refractivity contribution in [2.75, 3.05) is 33.3 Å². The average Bonchev–Trinajstić information content (AvgIpc) is 2.19. The predicted molar refractivity (Wildman–Crippen MR) is 59.7 cm³/mol. The quantitative estimate of drug-likeness (QED) is 0.724. The number of hydrogen-bond acceptors (Lipinski definition) is 3. The molecule has 1 rings (SSSR count). The molecular weight excluding hydrogens is 192 g/mol. The van der Waals surface area contributed by atoms with Gasteiger partial charge in [-0.2, -0.15) is 0 Å². The van der Waals surface area contributed by atoms with Crippen molar-refractivity contribution in [2.24, 2.45) is 5.92 Å². The Morgan fingerprint density at radius 2 is 2.33 bits per heavy atom. The van der Waals surface area contributed by atoms with Crippen LogP contribution in [0.4, 0.5) is 0 Å². The number of likely N-dealkylation sites (N-methyl/N-ethyl adjacent to an activating group) is 1. The SMILES string of the molecule is CNCC1OCCN(CCC(C)C)C1=O. The molecule has 1 N–H and O–H groups in total. The smallest absolute Gasteiger partial charge is 0.253 e. The van der Waals surface area contributed by atoms with Crippen molar-refractivity contribution in [3.63, 3.8) is 0 Å². The largest absolute Gasteiger partial charge is 0.365 e. The molecule has 0 aromatic rings. The molecule has 1 fully saturated rings. The van der Waals surface area contributed by atoms with E-state index in [4.69, 9.17) is 4.74 Å². The zero-order valence-corrected chi connectivity index (χ0v) is 9.95. The first-order valence-corrected chi connectivity index (χ1v) is 5.70. The Balaban J connectivity index is 2.40. The zero-order chi connectivity index (χ0) is 11.3. The van der Waals surface area contributed by atoms with Crippen LogP contribution in [0.3, 0.4) is 0 Å². The fraction of sp³-hybridized carbons (Fsp3) is 0.909. The van der Waals surface area contributed by atoms with E-state index >= 15 is 0 Å². The summed E-state index contributed by atoms with van der Waals surface area (Å²) in [5.41, 5.74) is 0. The van der Waals surface area contributed by atoms with Crippen molar-refractivity contribution in [1.82, 2.24) is 10.2 Å². The molecule has 1 unspecified atom stereocenters. The van der Waals surface area contributed by atoms with E-state index in [2.05, 4.69) is 19.2 Å². The lowest BCUT2D eigenvalue weighted by atomic mass is 10.1. The number of carbonyl (C=O) groups is 1. The summed E-state index contributed by atoms with van der Waals surface area (Å²) in [6.45, 7) is 7.23. The molecule has 1 saturated heterocycles. The molecule has 4 nitrogen and oxygen atoms in total. The van der Waals surface area contributed by atoms with E-state index in [1.807, 2.05) is 11.9 Å². The first kappa shape index (κ1) is 12.5. The number of nitrogens with zero attached hydrogens (tertiary/aromatic N) is 1. The van der Waals surface area contributed by atoms with Gasteiger partial charge >= 0.3 is 0 Å². The number of morpholine rings is 1. The molecule has 88 valence electrons. The lowest BCUT2D eigenvalue weighted by Gasteiger charge is -2.32. The number of nitrogens with one attached hydrogen (secondary N) is 1. The summed E-state index contributed by atoms with van der Waals surface area (Å²) in [4.78, 5) is 13.8. The molecule has 0 aromatic carbocycles. The molecule has 0 spiro atoms. The zero-order valence-electron chi connectivity index (χ0n) is 9.95. The molecule has 0 saturated carbocycles. The van der Waals surface area contributed by atoms with E-state index in [-0.39, 0.29) is 12.0 Å². The molecule has 1 amide bonds. The lowest BCUT2D eigenvalue weighted by Crippen LogP contribution is -2.51. The van der Waals surface area contributed by atoms with E-state index in [1.54, 1.807) is 0 Å².